The lowest BCUT2D eigenvalue weighted by molar-refractivity contribution is 0.0996. The predicted molar refractivity (Wildman–Crippen MR) is 69.9 cm³/mol. The molecule has 2 fully saturated rings. The maximum absolute atomic E-state index is 6.13. The highest BCUT2D eigenvalue weighted by atomic mass is 32.1. The Morgan fingerprint density at radius 3 is 3.05 bits per heavy atom. The van der Waals surface area contributed by atoms with Crippen LogP contribution in [0.5, 0.6) is 0 Å². The number of nitrogens with two attached hydrogens (primary N) is 1. The lowest BCUT2D eigenvalue weighted by Gasteiger charge is -2.13. The Bertz CT molecular complexity index is 568. The first kappa shape index (κ1) is 11.6. The zero-order chi connectivity index (χ0) is 12.8. The molecule has 0 aromatic carbocycles. The van der Waals surface area contributed by atoms with Gasteiger partial charge in [-0.3, -0.25) is 0 Å². The van der Waals surface area contributed by atoms with E-state index >= 15 is 0 Å². The van der Waals surface area contributed by atoms with Gasteiger partial charge in [-0.1, -0.05) is 11.2 Å². The normalized spacial score (nSPS) is 30.9. The summed E-state index contributed by atoms with van der Waals surface area (Å²) in [6.07, 6.45) is 3.95. The number of fused-ring (bicyclic) bond motifs is 2. The van der Waals surface area contributed by atoms with E-state index in [4.69, 9.17) is 15.0 Å². The second-order valence-electron chi connectivity index (χ2n) is 5.20. The highest BCUT2D eigenvalue weighted by Crippen LogP contribution is 2.43. The molecule has 0 radical (unpaired) electrons. The average Bonchev–Trinajstić information content (AvgIpc) is 3.18. The summed E-state index contributed by atoms with van der Waals surface area (Å²) in [5.41, 5.74) is 6.13. The second-order valence-corrected chi connectivity index (χ2v) is 6.18. The van der Waals surface area contributed by atoms with Crippen molar-refractivity contribution in [1.29, 1.82) is 0 Å². The number of ether oxygens (including phenoxy) is 1. The van der Waals surface area contributed by atoms with Gasteiger partial charge in [-0.05, 0) is 30.7 Å². The zero-order valence-corrected chi connectivity index (χ0v) is 11.2. The molecule has 4 rings (SSSR count). The first-order valence-electron chi connectivity index (χ1n) is 6.59. The molecular weight excluding hydrogens is 262 g/mol. The van der Waals surface area contributed by atoms with Crippen LogP contribution in [0.1, 0.15) is 47.8 Å². The minimum atomic E-state index is -0.319. The van der Waals surface area contributed by atoms with Crippen LogP contribution in [0.15, 0.2) is 22.0 Å². The molecule has 2 aromatic rings. The fourth-order valence-corrected chi connectivity index (χ4v) is 3.74. The molecule has 0 amide bonds. The largest absolute Gasteiger partial charge is 0.374 e. The summed E-state index contributed by atoms with van der Waals surface area (Å²) in [5, 5.41) is 6.10. The third-order valence-electron chi connectivity index (χ3n) is 4.01. The summed E-state index contributed by atoms with van der Waals surface area (Å²) in [6.45, 7) is 0. The van der Waals surface area contributed by atoms with Gasteiger partial charge >= 0.3 is 0 Å². The van der Waals surface area contributed by atoms with Gasteiger partial charge in [-0.15, -0.1) is 11.3 Å². The molecule has 4 heterocycles. The third kappa shape index (κ3) is 1.91. The number of thiophene rings is 1. The minimum absolute atomic E-state index is 0.272. The molecule has 2 bridgehead atoms. The number of hydrogen-bond donors (Lipinski definition) is 1. The maximum Gasteiger partial charge on any atom is 0.248 e. The summed E-state index contributed by atoms with van der Waals surface area (Å²) in [7, 11) is 0. The minimum Gasteiger partial charge on any atom is -0.374 e. The first-order valence-corrected chi connectivity index (χ1v) is 7.47. The van der Waals surface area contributed by atoms with E-state index in [1.54, 1.807) is 11.3 Å². The molecule has 0 saturated carbocycles. The van der Waals surface area contributed by atoms with E-state index < -0.39 is 0 Å². The predicted octanol–water partition coefficient (Wildman–Crippen LogP) is 2.21. The van der Waals surface area contributed by atoms with Crippen molar-refractivity contribution in [2.24, 2.45) is 5.73 Å². The molecule has 2 aliphatic heterocycles. The van der Waals surface area contributed by atoms with Crippen molar-refractivity contribution >= 4 is 11.3 Å². The smallest absolute Gasteiger partial charge is 0.248 e. The highest BCUT2D eigenvalue weighted by Gasteiger charge is 2.43. The van der Waals surface area contributed by atoms with Crippen LogP contribution in [0.3, 0.4) is 0 Å². The quantitative estimate of drug-likeness (QED) is 0.931. The van der Waals surface area contributed by atoms with Crippen molar-refractivity contribution in [3.63, 3.8) is 0 Å². The lowest BCUT2D eigenvalue weighted by atomic mass is 9.89. The molecule has 19 heavy (non-hydrogen) atoms. The van der Waals surface area contributed by atoms with Crippen molar-refractivity contribution < 1.29 is 9.26 Å². The van der Waals surface area contributed by atoms with E-state index in [1.807, 2.05) is 17.5 Å². The highest BCUT2D eigenvalue weighted by molar-refractivity contribution is 7.10. The van der Waals surface area contributed by atoms with Gasteiger partial charge in [-0.25, -0.2) is 0 Å². The lowest BCUT2D eigenvalue weighted by Crippen LogP contribution is -2.16. The van der Waals surface area contributed by atoms with Gasteiger partial charge < -0.3 is 15.0 Å². The summed E-state index contributed by atoms with van der Waals surface area (Å²) in [4.78, 5) is 5.53. The molecule has 0 aliphatic carbocycles. The molecule has 2 N–H and O–H groups in total. The Morgan fingerprint density at radius 2 is 2.37 bits per heavy atom. The Kier molecular flexibility index (Phi) is 2.68. The van der Waals surface area contributed by atoms with Crippen LogP contribution in [-0.4, -0.2) is 22.3 Å². The van der Waals surface area contributed by atoms with Gasteiger partial charge in [0.15, 0.2) is 5.82 Å². The molecular formula is C13H15N3O2S. The monoisotopic (exact) mass is 277 g/mol. The molecule has 4 atom stereocenters. The fourth-order valence-electron chi connectivity index (χ4n) is 3.02. The van der Waals surface area contributed by atoms with E-state index in [0.29, 0.717) is 12.0 Å². The van der Waals surface area contributed by atoms with Crippen molar-refractivity contribution in [2.45, 2.75) is 43.4 Å². The van der Waals surface area contributed by atoms with Crippen LogP contribution < -0.4 is 5.73 Å². The zero-order valence-electron chi connectivity index (χ0n) is 10.4. The molecule has 100 valence electrons. The summed E-state index contributed by atoms with van der Waals surface area (Å²) in [6, 6.07) is 3.64. The van der Waals surface area contributed by atoms with Gasteiger partial charge in [0.25, 0.3) is 0 Å². The van der Waals surface area contributed by atoms with Crippen molar-refractivity contribution in [1.82, 2.24) is 10.1 Å². The van der Waals surface area contributed by atoms with Crippen LogP contribution in [0.4, 0.5) is 0 Å². The Morgan fingerprint density at radius 1 is 1.42 bits per heavy atom. The number of nitrogens with zero attached hydrogens (tertiary/aromatic N) is 2. The van der Waals surface area contributed by atoms with Crippen LogP contribution in [0.2, 0.25) is 0 Å². The van der Waals surface area contributed by atoms with Crippen LogP contribution in [0, 0.1) is 0 Å². The van der Waals surface area contributed by atoms with Crippen LogP contribution in [0.25, 0.3) is 0 Å². The van der Waals surface area contributed by atoms with Gasteiger partial charge in [0.05, 0.1) is 18.1 Å². The number of aromatic nitrogens is 2. The molecule has 2 aliphatic rings. The topological polar surface area (TPSA) is 74.2 Å². The Balaban J connectivity index is 1.57. The van der Waals surface area contributed by atoms with E-state index in [-0.39, 0.29) is 18.1 Å². The van der Waals surface area contributed by atoms with Gasteiger partial charge in [-0.2, -0.15) is 4.98 Å². The molecule has 6 heteroatoms. The van der Waals surface area contributed by atoms with Crippen LogP contribution >= 0.6 is 11.3 Å². The summed E-state index contributed by atoms with van der Waals surface area (Å²) >= 11 is 1.60. The first-order chi connectivity index (χ1) is 9.31. The van der Waals surface area contributed by atoms with E-state index in [1.165, 1.54) is 6.42 Å². The third-order valence-corrected chi connectivity index (χ3v) is 4.97. The van der Waals surface area contributed by atoms with Crippen LogP contribution in [-0.2, 0) is 4.74 Å². The standard InChI is InChI=1S/C13H15N3O2S/c14-11(10-2-1-5-19-10)13-15-12(16-18-13)8-6-7-3-4-9(8)17-7/h1-2,5,7-9,11H,3-4,6,14H2. The van der Waals surface area contributed by atoms with Gasteiger partial charge in [0, 0.05) is 4.88 Å². The molecule has 5 nitrogen and oxygen atoms in total. The molecule has 2 aromatic heterocycles. The SMILES string of the molecule is NC(c1nc(C2CC3CCC2O3)no1)c1cccs1. The van der Waals surface area contributed by atoms with Crippen molar-refractivity contribution in [3.05, 3.63) is 34.1 Å². The number of rotatable bonds is 3. The maximum atomic E-state index is 6.13. The Hall–Kier alpha value is -1.24. The number of hydrogen-bond acceptors (Lipinski definition) is 6. The molecule has 2 saturated heterocycles. The van der Waals surface area contributed by atoms with Gasteiger partial charge in [0.1, 0.15) is 6.04 Å². The summed E-state index contributed by atoms with van der Waals surface area (Å²) in [5.74, 6) is 1.54. The van der Waals surface area contributed by atoms with Crippen molar-refractivity contribution in [3.8, 4) is 0 Å². The van der Waals surface area contributed by atoms with E-state index in [0.717, 1.165) is 23.5 Å². The summed E-state index contributed by atoms with van der Waals surface area (Å²) < 4.78 is 11.2. The van der Waals surface area contributed by atoms with E-state index in [9.17, 15) is 0 Å². The molecule has 4 unspecified atom stereocenters. The van der Waals surface area contributed by atoms with Gasteiger partial charge in [0.2, 0.25) is 5.89 Å². The Labute approximate surface area is 114 Å². The fraction of sp³-hybridized carbons (Fsp3) is 0.538. The van der Waals surface area contributed by atoms with Crippen molar-refractivity contribution in [2.75, 3.05) is 0 Å². The van der Waals surface area contributed by atoms with E-state index in [2.05, 4.69) is 10.1 Å². The molecule has 0 spiro atoms. The average molecular weight is 277 g/mol. The second kappa shape index (κ2) is 4.40.